The van der Waals surface area contributed by atoms with Gasteiger partial charge < -0.3 is 5.73 Å². The van der Waals surface area contributed by atoms with Gasteiger partial charge in [0, 0.05) is 13.0 Å². The number of aryl methyl sites for hydroxylation is 2. The maximum Gasteiger partial charge on any atom is 0.138 e. The van der Waals surface area contributed by atoms with Crippen LogP contribution in [0.15, 0.2) is 6.33 Å². The number of rotatable bonds is 5. The maximum absolute atomic E-state index is 5.40. The molecule has 0 radical (unpaired) electrons. The zero-order chi connectivity index (χ0) is 8.81. The molecule has 0 saturated heterocycles. The number of hydrogen-bond donors (Lipinski definition) is 1. The molecule has 0 spiro atoms. The van der Waals surface area contributed by atoms with Crippen LogP contribution in [0, 0.1) is 0 Å². The molecule has 0 atom stereocenters. The summed E-state index contributed by atoms with van der Waals surface area (Å²) in [7, 11) is 0. The molecule has 2 N–H and O–H groups in total. The molecule has 12 heavy (non-hydrogen) atoms. The Hall–Kier alpha value is -0.900. The third-order valence-electron chi connectivity index (χ3n) is 1.85. The number of nitrogens with two attached hydrogens (primary N) is 1. The Morgan fingerprint density at radius 2 is 2.33 bits per heavy atom. The van der Waals surface area contributed by atoms with Crippen molar-refractivity contribution < 1.29 is 0 Å². The van der Waals surface area contributed by atoms with Crippen LogP contribution in [0.3, 0.4) is 0 Å². The van der Waals surface area contributed by atoms with Crippen LogP contribution < -0.4 is 5.73 Å². The molecule has 1 heterocycles. The van der Waals surface area contributed by atoms with Crippen LogP contribution >= 0.6 is 0 Å². The monoisotopic (exact) mass is 168 g/mol. The lowest BCUT2D eigenvalue weighted by molar-refractivity contribution is 0.595. The summed E-state index contributed by atoms with van der Waals surface area (Å²) in [5.74, 6) is 1.07. The standard InChI is InChI=1S/C8H16N4/c1-2-12-8(10-7-11-12)5-3-4-6-9/h7H,2-6,9H2,1H3. The molecular formula is C8H16N4. The van der Waals surface area contributed by atoms with Crippen LogP contribution in [-0.2, 0) is 13.0 Å². The maximum atomic E-state index is 5.40. The molecular weight excluding hydrogens is 152 g/mol. The van der Waals surface area contributed by atoms with E-state index in [9.17, 15) is 0 Å². The fraction of sp³-hybridized carbons (Fsp3) is 0.750. The van der Waals surface area contributed by atoms with Crippen molar-refractivity contribution in [2.45, 2.75) is 32.7 Å². The highest BCUT2D eigenvalue weighted by atomic mass is 15.3. The van der Waals surface area contributed by atoms with Crippen LogP contribution in [0.25, 0.3) is 0 Å². The van der Waals surface area contributed by atoms with E-state index in [0.29, 0.717) is 0 Å². The highest BCUT2D eigenvalue weighted by Gasteiger charge is 2.00. The van der Waals surface area contributed by atoms with E-state index in [-0.39, 0.29) is 0 Å². The molecule has 0 amide bonds. The van der Waals surface area contributed by atoms with Gasteiger partial charge in [-0.1, -0.05) is 0 Å². The van der Waals surface area contributed by atoms with E-state index >= 15 is 0 Å². The van der Waals surface area contributed by atoms with Gasteiger partial charge in [-0.25, -0.2) is 4.98 Å². The second-order valence-corrected chi connectivity index (χ2v) is 2.74. The first-order valence-corrected chi connectivity index (χ1v) is 4.45. The molecule has 0 aliphatic rings. The second-order valence-electron chi connectivity index (χ2n) is 2.74. The lowest BCUT2D eigenvalue weighted by atomic mass is 10.2. The lowest BCUT2D eigenvalue weighted by Gasteiger charge is -2.01. The predicted octanol–water partition coefficient (Wildman–Crippen LogP) is 0.579. The van der Waals surface area contributed by atoms with E-state index in [1.165, 1.54) is 0 Å². The van der Waals surface area contributed by atoms with Crippen molar-refractivity contribution in [1.82, 2.24) is 14.8 Å². The summed E-state index contributed by atoms with van der Waals surface area (Å²) in [5.41, 5.74) is 5.40. The Morgan fingerprint density at radius 3 is 3.00 bits per heavy atom. The smallest absolute Gasteiger partial charge is 0.138 e. The number of aromatic nitrogens is 3. The topological polar surface area (TPSA) is 56.7 Å². The molecule has 0 aromatic carbocycles. The summed E-state index contributed by atoms with van der Waals surface area (Å²) in [6.07, 6.45) is 4.78. The molecule has 68 valence electrons. The van der Waals surface area contributed by atoms with E-state index in [1.54, 1.807) is 6.33 Å². The normalized spacial score (nSPS) is 10.5. The van der Waals surface area contributed by atoms with Gasteiger partial charge in [0.05, 0.1) is 0 Å². The SMILES string of the molecule is CCn1ncnc1CCCCN. The Balaban J connectivity index is 2.39. The van der Waals surface area contributed by atoms with Crippen molar-refractivity contribution in [1.29, 1.82) is 0 Å². The third-order valence-corrected chi connectivity index (χ3v) is 1.85. The largest absolute Gasteiger partial charge is 0.330 e. The van der Waals surface area contributed by atoms with Gasteiger partial charge in [-0.3, -0.25) is 4.68 Å². The zero-order valence-electron chi connectivity index (χ0n) is 7.53. The van der Waals surface area contributed by atoms with Crippen LogP contribution in [-0.4, -0.2) is 21.3 Å². The van der Waals surface area contributed by atoms with E-state index < -0.39 is 0 Å². The first-order chi connectivity index (χ1) is 5.88. The Labute approximate surface area is 72.8 Å². The zero-order valence-corrected chi connectivity index (χ0v) is 7.53. The third kappa shape index (κ3) is 2.30. The van der Waals surface area contributed by atoms with Crippen LogP contribution in [0.4, 0.5) is 0 Å². The van der Waals surface area contributed by atoms with E-state index in [0.717, 1.165) is 38.2 Å². The molecule has 0 fully saturated rings. The molecule has 4 nitrogen and oxygen atoms in total. The number of unbranched alkanes of at least 4 members (excludes halogenated alkanes) is 1. The minimum absolute atomic E-state index is 0.764. The molecule has 1 aromatic rings. The first-order valence-electron chi connectivity index (χ1n) is 4.45. The number of hydrogen-bond acceptors (Lipinski definition) is 3. The van der Waals surface area contributed by atoms with Crippen molar-refractivity contribution in [3.63, 3.8) is 0 Å². The molecule has 0 saturated carbocycles. The Bertz CT molecular complexity index is 219. The van der Waals surface area contributed by atoms with Crippen LogP contribution in [0.2, 0.25) is 0 Å². The summed E-state index contributed by atoms with van der Waals surface area (Å²) < 4.78 is 1.93. The second kappa shape index (κ2) is 4.87. The predicted molar refractivity (Wildman–Crippen MR) is 47.7 cm³/mol. The molecule has 0 bridgehead atoms. The molecule has 1 rings (SSSR count). The van der Waals surface area contributed by atoms with Crippen molar-refractivity contribution in [3.8, 4) is 0 Å². The summed E-state index contributed by atoms with van der Waals surface area (Å²) in [5, 5.41) is 4.09. The van der Waals surface area contributed by atoms with Crippen LogP contribution in [0.1, 0.15) is 25.6 Å². The summed E-state index contributed by atoms with van der Waals surface area (Å²) >= 11 is 0. The highest BCUT2D eigenvalue weighted by Crippen LogP contribution is 2.00. The van der Waals surface area contributed by atoms with Gasteiger partial charge in [-0.2, -0.15) is 5.10 Å². The van der Waals surface area contributed by atoms with Crippen LogP contribution in [0.5, 0.6) is 0 Å². The van der Waals surface area contributed by atoms with Gasteiger partial charge in [0.25, 0.3) is 0 Å². The highest BCUT2D eigenvalue weighted by molar-refractivity contribution is 4.83. The van der Waals surface area contributed by atoms with Gasteiger partial charge in [0.15, 0.2) is 0 Å². The average molecular weight is 168 g/mol. The minimum Gasteiger partial charge on any atom is -0.330 e. The van der Waals surface area contributed by atoms with Crippen molar-refractivity contribution in [2.75, 3.05) is 6.54 Å². The van der Waals surface area contributed by atoms with Crippen molar-refractivity contribution in [3.05, 3.63) is 12.2 Å². The lowest BCUT2D eigenvalue weighted by Crippen LogP contribution is -2.05. The molecule has 1 aromatic heterocycles. The molecule has 0 aliphatic carbocycles. The van der Waals surface area contributed by atoms with Crippen molar-refractivity contribution >= 4 is 0 Å². The fourth-order valence-electron chi connectivity index (χ4n) is 1.17. The van der Waals surface area contributed by atoms with Gasteiger partial charge in [0.1, 0.15) is 12.2 Å². The number of nitrogens with zero attached hydrogens (tertiary/aromatic N) is 3. The van der Waals surface area contributed by atoms with Gasteiger partial charge in [-0.05, 0) is 26.3 Å². The quantitative estimate of drug-likeness (QED) is 0.654. The van der Waals surface area contributed by atoms with Crippen molar-refractivity contribution in [2.24, 2.45) is 5.73 Å². The van der Waals surface area contributed by atoms with Gasteiger partial charge in [-0.15, -0.1) is 0 Å². The molecule has 0 unspecified atom stereocenters. The van der Waals surface area contributed by atoms with E-state index in [1.807, 2.05) is 4.68 Å². The Morgan fingerprint density at radius 1 is 1.50 bits per heavy atom. The minimum atomic E-state index is 0.764. The summed E-state index contributed by atoms with van der Waals surface area (Å²) in [6.45, 7) is 3.74. The molecule has 4 heteroatoms. The average Bonchev–Trinajstić information content (AvgIpc) is 2.52. The van der Waals surface area contributed by atoms with Gasteiger partial charge >= 0.3 is 0 Å². The first kappa shape index (κ1) is 9.19. The summed E-state index contributed by atoms with van der Waals surface area (Å²) in [6, 6.07) is 0. The fourth-order valence-corrected chi connectivity index (χ4v) is 1.17. The van der Waals surface area contributed by atoms with E-state index in [4.69, 9.17) is 5.73 Å². The molecule has 0 aliphatic heterocycles. The Kier molecular flexibility index (Phi) is 3.73. The van der Waals surface area contributed by atoms with E-state index in [2.05, 4.69) is 17.0 Å². The summed E-state index contributed by atoms with van der Waals surface area (Å²) in [4.78, 5) is 4.17. The van der Waals surface area contributed by atoms with Gasteiger partial charge in [0.2, 0.25) is 0 Å².